The van der Waals surface area contributed by atoms with Gasteiger partial charge in [0.25, 0.3) is 0 Å². The van der Waals surface area contributed by atoms with Crippen molar-refractivity contribution in [2.75, 3.05) is 6.61 Å². The van der Waals surface area contributed by atoms with Gasteiger partial charge in [0.1, 0.15) is 0 Å². The molecule has 23 heavy (non-hydrogen) atoms. The Morgan fingerprint density at radius 2 is 1.13 bits per heavy atom. The average Bonchev–Trinajstić information content (AvgIpc) is 2.62. The fourth-order valence-corrected chi connectivity index (χ4v) is 4.43. The highest BCUT2D eigenvalue weighted by Gasteiger charge is 2.14. The number of hydrogen-bond acceptors (Lipinski definition) is 1. The predicted molar refractivity (Wildman–Crippen MR) is 103 cm³/mol. The maximum atomic E-state index is 6.31. The van der Waals surface area contributed by atoms with Crippen LogP contribution in [0.15, 0.2) is 60.7 Å². The third-order valence-electron chi connectivity index (χ3n) is 3.95. The summed E-state index contributed by atoms with van der Waals surface area (Å²) >= 11 is 0. The van der Waals surface area contributed by atoms with Gasteiger partial charge in [-0.1, -0.05) is 106 Å². The zero-order valence-electron chi connectivity index (χ0n) is 14.3. The minimum absolute atomic E-state index is 0.681. The van der Waals surface area contributed by atoms with Crippen molar-refractivity contribution in [2.45, 2.75) is 51.9 Å². The van der Waals surface area contributed by atoms with Gasteiger partial charge in [0.05, 0.1) is 14.8 Å². The van der Waals surface area contributed by atoms with E-state index in [1.807, 2.05) is 0 Å². The topological polar surface area (TPSA) is 9.23 Å². The highest BCUT2D eigenvalue weighted by molar-refractivity contribution is 7.68. The molecule has 0 atom stereocenters. The van der Waals surface area contributed by atoms with E-state index in [-0.39, 0.29) is 0 Å². The van der Waals surface area contributed by atoms with Crippen LogP contribution in [0.5, 0.6) is 0 Å². The van der Waals surface area contributed by atoms with Gasteiger partial charge < -0.3 is 4.52 Å². The number of hydrogen-bond donors (Lipinski definition) is 0. The second kappa shape index (κ2) is 11.4. The summed E-state index contributed by atoms with van der Waals surface area (Å²) in [5.41, 5.74) is 0. The number of unbranched alkanes of at least 4 members (excludes halogenated alkanes) is 6. The summed E-state index contributed by atoms with van der Waals surface area (Å²) in [4.78, 5) is 0. The molecule has 0 radical (unpaired) electrons. The lowest BCUT2D eigenvalue weighted by Gasteiger charge is -2.18. The Balaban J connectivity index is 1.80. The van der Waals surface area contributed by atoms with Gasteiger partial charge in [0.15, 0.2) is 0 Å². The first-order valence-corrected chi connectivity index (χ1v) is 10.2. The fraction of sp³-hybridized carbons (Fsp3) is 0.429. The molecular formula is C21H29OP. The van der Waals surface area contributed by atoms with E-state index in [9.17, 15) is 0 Å². The van der Waals surface area contributed by atoms with E-state index in [0.29, 0.717) is 0 Å². The molecule has 2 heteroatoms. The summed E-state index contributed by atoms with van der Waals surface area (Å²) in [7, 11) is -0.681. The molecular weight excluding hydrogens is 299 g/mol. The maximum absolute atomic E-state index is 6.31. The first-order chi connectivity index (χ1) is 11.4. The molecule has 1 nitrogen and oxygen atoms in total. The Labute approximate surface area is 142 Å². The van der Waals surface area contributed by atoms with Crippen molar-refractivity contribution in [1.29, 1.82) is 0 Å². The van der Waals surface area contributed by atoms with Crippen LogP contribution in [0.1, 0.15) is 51.9 Å². The van der Waals surface area contributed by atoms with Gasteiger partial charge in [-0.15, -0.1) is 0 Å². The van der Waals surface area contributed by atoms with Crippen LogP contribution < -0.4 is 10.6 Å². The molecule has 0 amide bonds. The highest BCUT2D eigenvalue weighted by atomic mass is 31.1. The van der Waals surface area contributed by atoms with Crippen LogP contribution in [-0.2, 0) is 4.52 Å². The average molecular weight is 328 g/mol. The van der Waals surface area contributed by atoms with Crippen molar-refractivity contribution in [1.82, 2.24) is 0 Å². The smallest absolute Gasteiger partial charge is 0.0917 e. The van der Waals surface area contributed by atoms with E-state index in [1.165, 1.54) is 55.6 Å². The van der Waals surface area contributed by atoms with Crippen molar-refractivity contribution in [3.05, 3.63) is 60.7 Å². The van der Waals surface area contributed by atoms with Gasteiger partial charge in [-0.3, -0.25) is 0 Å². The molecule has 0 fully saturated rings. The molecule has 0 saturated carbocycles. The van der Waals surface area contributed by atoms with Crippen LogP contribution in [0.2, 0.25) is 0 Å². The normalized spacial score (nSPS) is 11.0. The van der Waals surface area contributed by atoms with E-state index in [1.54, 1.807) is 0 Å². The summed E-state index contributed by atoms with van der Waals surface area (Å²) in [6.45, 7) is 3.13. The van der Waals surface area contributed by atoms with E-state index >= 15 is 0 Å². The Kier molecular flexibility index (Phi) is 8.99. The zero-order valence-corrected chi connectivity index (χ0v) is 15.2. The molecule has 0 aliphatic rings. The van der Waals surface area contributed by atoms with Crippen molar-refractivity contribution in [2.24, 2.45) is 0 Å². The van der Waals surface area contributed by atoms with Gasteiger partial charge in [-0.05, 0) is 6.42 Å². The molecule has 0 aliphatic heterocycles. The molecule has 0 bridgehead atoms. The molecule has 124 valence electrons. The standard InChI is InChI=1S/C21H29OP/c1-2-3-4-5-6-7-14-19-22-23(20-15-10-8-11-16-20)21-17-12-9-13-18-21/h8-13,15-18H,2-7,14,19H2,1H3. The van der Waals surface area contributed by atoms with Crippen molar-refractivity contribution in [3.8, 4) is 0 Å². The van der Waals surface area contributed by atoms with E-state index in [2.05, 4.69) is 67.6 Å². The van der Waals surface area contributed by atoms with Crippen LogP contribution in [0.3, 0.4) is 0 Å². The summed E-state index contributed by atoms with van der Waals surface area (Å²) in [6, 6.07) is 21.3. The predicted octanol–water partition coefficient (Wildman–Crippen LogP) is 5.80. The molecule has 2 aromatic carbocycles. The minimum atomic E-state index is -0.681. The fourth-order valence-electron chi connectivity index (χ4n) is 2.64. The van der Waals surface area contributed by atoms with Gasteiger partial charge in [0, 0.05) is 10.6 Å². The summed E-state index contributed by atoms with van der Waals surface area (Å²) in [5, 5.41) is 2.60. The Bertz CT molecular complexity index is 472. The van der Waals surface area contributed by atoms with Crippen molar-refractivity contribution < 1.29 is 4.52 Å². The summed E-state index contributed by atoms with van der Waals surface area (Å²) < 4.78 is 6.31. The van der Waals surface area contributed by atoms with Crippen molar-refractivity contribution >= 4 is 18.8 Å². The monoisotopic (exact) mass is 328 g/mol. The maximum Gasteiger partial charge on any atom is 0.0917 e. The van der Waals surface area contributed by atoms with Crippen molar-refractivity contribution in [3.63, 3.8) is 0 Å². The largest absolute Gasteiger partial charge is 0.350 e. The molecule has 0 spiro atoms. The van der Waals surface area contributed by atoms with Gasteiger partial charge in [-0.2, -0.15) is 0 Å². The number of rotatable bonds is 11. The van der Waals surface area contributed by atoms with Gasteiger partial charge in [-0.25, -0.2) is 0 Å². The molecule has 2 aromatic rings. The Morgan fingerprint density at radius 3 is 1.65 bits per heavy atom. The Morgan fingerprint density at radius 1 is 0.652 bits per heavy atom. The second-order valence-electron chi connectivity index (χ2n) is 5.92. The molecule has 0 aromatic heterocycles. The van der Waals surface area contributed by atoms with E-state index in [4.69, 9.17) is 4.52 Å². The van der Waals surface area contributed by atoms with Crippen LogP contribution in [0, 0.1) is 0 Å². The number of benzene rings is 2. The zero-order chi connectivity index (χ0) is 16.2. The molecule has 0 unspecified atom stereocenters. The highest BCUT2D eigenvalue weighted by Crippen LogP contribution is 2.34. The lowest BCUT2D eigenvalue weighted by Crippen LogP contribution is -2.14. The van der Waals surface area contributed by atoms with Gasteiger partial charge >= 0.3 is 0 Å². The molecule has 0 heterocycles. The SMILES string of the molecule is CCCCCCCCCOP(c1ccccc1)c1ccccc1. The molecule has 0 aliphatic carbocycles. The first kappa shape index (κ1) is 18.2. The molecule has 2 rings (SSSR count). The first-order valence-electron chi connectivity index (χ1n) is 8.95. The Hall–Kier alpha value is -1.17. The minimum Gasteiger partial charge on any atom is -0.350 e. The van der Waals surface area contributed by atoms with Crippen LogP contribution >= 0.6 is 8.15 Å². The quantitative estimate of drug-likeness (QED) is 0.374. The van der Waals surface area contributed by atoms with E-state index < -0.39 is 8.15 Å². The lowest BCUT2D eigenvalue weighted by molar-refractivity contribution is 0.343. The van der Waals surface area contributed by atoms with Gasteiger partial charge in [0.2, 0.25) is 0 Å². The second-order valence-corrected chi connectivity index (χ2v) is 7.80. The van der Waals surface area contributed by atoms with Crippen LogP contribution in [0.25, 0.3) is 0 Å². The summed E-state index contributed by atoms with van der Waals surface area (Å²) in [5.74, 6) is 0. The third-order valence-corrected chi connectivity index (χ3v) is 5.92. The lowest BCUT2D eigenvalue weighted by atomic mass is 10.1. The third kappa shape index (κ3) is 6.85. The van der Waals surface area contributed by atoms with E-state index in [0.717, 1.165) is 6.61 Å². The molecule has 0 saturated heterocycles. The summed E-state index contributed by atoms with van der Waals surface area (Å²) in [6.07, 6.45) is 9.27. The molecule has 0 N–H and O–H groups in total. The van der Waals surface area contributed by atoms with Crippen LogP contribution in [0.4, 0.5) is 0 Å². The van der Waals surface area contributed by atoms with Crippen LogP contribution in [-0.4, -0.2) is 6.61 Å².